The van der Waals surface area contributed by atoms with Crippen LogP contribution in [0.2, 0.25) is 0 Å². The maximum Gasteiger partial charge on any atom is 0.251 e. The van der Waals surface area contributed by atoms with Crippen LogP contribution >= 0.6 is 0 Å². The van der Waals surface area contributed by atoms with Gasteiger partial charge in [-0.25, -0.2) is 4.39 Å². The second kappa shape index (κ2) is 7.70. The molecule has 2 heterocycles. The van der Waals surface area contributed by atoms with Crippen LogP contribution in [-0.4, -0.2) is 30.6 Å². The predicted octanol–water partition coefficient (Wildman–Crippen LogP) is 3.83. The van der Waals surface area contributed by atoms with E-state index in [1.807, 2.05) is 6.20 Å². The molecule has 1 aliphatic heterocycles. The average molecular weight is 368 g/mol. The van der Waals surface area contributed by atoms with Gasteiger partial charge in [0.25, 0.3) is 5.91 Å². The van der Waals surface area contributed by atoms with Gasteiger partial charge in [0, 0.05) is 29.2 Å². The Hall–Kier alpha value is -3.02. The molecule has 1 aliphatic rings. The lowest BCUT2D eigenvalue weighted by Gasteiger charge is -2.17. The Bertz CT molecular complexity index is 967. The number of aromatic nitrogens is 1. The van der Waals surface area contributed by atoms with Gasteiger partial charge in [-0.05, 0) is 61.2 Å². The summed E-state index contributed by atoms with van der Waals surface area (Å²) in [6, 6.07) is 9.88. The van der Waals surface area contributed by atoms with Crippen molar-refractivity contribution in [3.63, 3.8) is 0 Å². The van der Waals surface area contributed by atoms with E-state index in [9.17, 15) is 9.18 Å². The van der Waals surface area contributed by atoms with Crippen LogP contribution in [0, 0.1) is 5.82 Å². The highest BCUT2D eigenvalue weighted by Crippen LogP contribution is 2.30. The summed E-state index contributed by atoms with van der Waals surface area (Å²) >= 11 is 0. The first-order valence-electron chi connectivity index (χ1n) is 9.14. The summed E-state index contributed by atoms with van der Waals surface area (Å²) in [5.41, 5.74) is 2.39. The highest BCUT2D eigenvalue weighted by molar-refractivity contribution is 5.95. The Kier molecular flexibility index (Phi) is 4.96. The second-order valence-corrected chi connectivity index (χ2v) is 6.58. The van der Waals surface area contributed by atoms with Crippen molar-refractivity contribution in [3.05, 3.63) is 59.5 Å². The lowest BCUT2D eigenvalue weighted by Crippen LogP contribution is -2.25. The van der Waals surface area contributed by atoms with Crippen LogP contribution in [-0.2, 0) is 6.42 Å². The van der Waals surface area contributed by atoms with E-state index in [2.05, 4.69) is 10.3 Å². The molecule has 6 heteroatoms. The molecule has 0 spiro atoms. The zero-order chi connectivity index (χ0) is 18.6. The summed E-state index contributed by atoms with van der Waals surface area (Å²) in [4.78, 5) is 15.6. The average Bonchev–Trinajstić information content (AvgIpc) is 3.04. The van der Waals surface area contributed by atoms with Gasteiger partial charge in [0.1, 0.15) is 5.82 Å². The summed E-state index contributed by atoms with van der Waals surface area (Å²) in [6.45, 7) is 1.74. The first-order chi connectivity index (χ1) is 13.2. The summed E-state index contributed by atoms with van der Waals surface area (Å²) in [7, 11) is 0. The van der Waals surface area contributed by atoms with E-state index in [1.165, 1.54) is 12.1 Å². The van der Waals surface area contributed by atoms with Crippen molar-refractivity contribution in [2.24, 2.45) is 0 Å². The fourth-order valence-corrected chi connectivity index (χ4v) is 3.22. The van der Waals surface area contributed by atoms with Crippen LogP contribution < -0.4 is 14.8 Å². The quantitative estimate of drug-likeness (QED) is 0.736. The topological polar surface area (TPSA) is 63.4 Å². The standard InChI is InChI=1S/C21H21FN2O3/c22-16-4-5-18-17(12-16)15(13-24-18)7-8-23-21(25)14-3-6-19-20(11-14)27-10-2-1-9-26-19/h3-6,11-13,24H,1-2,7-10H2,(H,23,25). The molecule has 0 aliphatic carbocycles. The van der Waals surface area contributed by atoms with Crippen LogP contribution in [0.1, 0.15) is 28.8 Å². The number of H-pyrrole nitrogens is 1. The zero-order valence-corrected chi connectivity index (χ0v) is 14.9. The third-order valence-corrected chi connectivity index (χ3v) is 4.67. The summed E-state index contributed by atoms with van der Waals surface area (Å²) in [5, 5.41) is 3.75. The van der Waals surface area contributed by atoms with Crippen molar-refractivity contribution in [2.45, 2.75) is 19.3 Å². The van der Waals surface area contributed by atoms with Gasteiger partial charge >= 0.3 is 0 Å². The van der Waals surface area contributed by atoms with Crippen molar-refractivity contribution in [3.8, 4) is 11.5 Å². The molecular formula is C21H21FN2O3. The van der Waals surface area contributed by atoms with E-state index in [4.69, 9.17) is 9.47 Å². The molecule has 0 saturated heterocycles. The highest BCUT2D eigenvalue weighted by atomic mass is 19.1. The lowest BCUT2D eigenvalue weighted by atomic mass is 10.1. The molecule has 0 atom stereocenters. The first kappa shape index (κ1) is 17.4. The van der Waals surface area contributed by atoms with Crippen LogP contribution in [0.3, 0.4) is 0 Å². The molecule has 0 fully saturated rings. The van der Waals surface area contributed by atoms with Gasteiger partial charge in [-0.2, -0.15) is 0 Å². The van der Waals surface area contributed by atoms with Crippen LogP contribution in [0.5, 0.6) is 11.5 Å². The molecule has 0 radical (unpaired) electrons. The Morgan fingerprint density at radius 1 is 1.07 bits per heavy atom. The fourth-order valence-electron chi connectivity index (χ4n) is 3.22. The molecule has 1 aromatic heterocycles. The van der Waals surface area contributed by atoms with Gasteiger partial charge in [0.2, 0.25) is 0 Å². The molecule has 2 aromatic carbocycles. The van der Waals surface area contributed by atoms with E-state index in [-0.39, 0.29) is 11.7 Å². The predicted molar refractivity (Wildman–Crippen MR) is 101 cm³/mol. The Balaban J connectivity index is 1.40. The minimum absolute atomic E-state index is 0.172. The van der Waals surface area contributed by atoms with Gasteiger partial charge < -0.3 is 19.8 Å². The number of ether oxygens (including phenoxy) is 2. The van der Waals surface area contributed by atoms with Gasteiger partial charge in [0.15, 0.2) is 11.5 Å². The molecule has 27 heavy (non-hydrogen) atoms. The Labute approximate surface area is 156 Å². The van der Waals surface area contributed by atoms with Gasteiger partial charge in [-0.15, -0.1) is 0 Å². The third-order valence-electron chi connectivity index (χ3n) is 4.67. The van der Waals surface area contributed by atoms with E-state index in [0.29, 0.717) is 43.2 Å². The molecule has 5 nitrogen and oxygen atoms in total. The normalized spacial score (nSPS) is 13.8. The molecule has 0 saturated carbocycles. The minimum atomic E-state index is -0.268. The lowest BCUT2D eigenvalue weighted by molar-refractivity contribution is 0.0953. The number of aromatic amines is 1. The zero-order valence-electron chi connectivity index (χ0n) is 14.9. The SMILES string of the molecule is O=C(NCCc1c[nH]c2ccc(F)cc12)c1ccc2c(c1)OCCCCO2. The number of fused-ring (bicyclic) bond motifs is 2. The van der Waals surface area contributed by atoms with Gasteiger partial charge in [0.05, 0.1) is 13.2 Å². The highest BCUT2D eigenvalue weighted by Gasteiger charge is 2.13. The number of carbonyl (C=O) groups excluding carboxylic acids is 1. The number of amides is 1. The third kappa shape index (κ3) is 3.89. The fraction of sp³-hybridized carbons (Fsp3) is 0.286. The first-order valence-corrected chi connectivity index (χ1v) is 9.14. The Morgan fingerprint density at radius 2 is 1.89 bits per heavy atom. The molecule has 2 N–H and O–H groups in total. The molecular weight excluding hydrogens is 347 g/mol. The minimum Gasteiger partial charge on any atom is -0.490 e. The van der Waals surface area contributed by atoms with E-state index < -0.39 is 0 Å². The summed E-state index contributed by atoms with van der Waals surface area (Å²) in [5.74, 6) is 0.839. The van der Waals surface area contributed by atoms with Gasteiger partial charge in [-0.3, -0.25) is 4.79 Å². The second-order valence-electron chi connectivity index (χ2n) is 6.58. The number of hydrogen-bond acceptors (Lipinski definition) is 3. The number of carbonyl (C=O) groups is 1. The number of rotatable bonds is 4. The maximum atomic E-state index is 13.5. The largest absolute Gasteiger partial charge is 0.490 e. The number of benzene rings is 2. The Morgan fingerprint density at radius 3 is 2.74 bits per heavy atom. The van der Waals surface area contributed by atoms with E-state index >= 15 is 0 Å². The summed E-state index contributed by atoms with van der Waals surface area (Å²) < 4.78 is 24.8. The molecule has 4 rings (SSSR count). The summed E-state index contributed by atoms with van der Waals surface area (Å²) in [6.07, 6.45) is 4.35. The van der Waals surface area contributed by atoms with Crippen LogP contribution in [0.4, 0.5) is 4.39 Å². The van der Waals surface area contributed by atoms with E-state index in [0.717, 1.165) is 29.3 Å². The monoisotopic (exact) mass is 368 g/mol. The van der Waals surface area contributed by atoms with Crippen molar-refractivity contribution >= 4 is 16.8 Å². The van der Waals surface area contributed by atoms with Crippen molar-refractivity contribution < 1.29 is 18.7 Å². The van der Waals surface area contributed by atoms with Crippen LogP contribution in [0.15, 0.2) is 42.6 Å². The molecule has 3 aromatic rings. The molecule has 1 amide bonds. The van der Waals surface area contributed by atoms with E-state index in [1.54, 1.807) is 24.3 Å². The molecule has 0 bridgehead atoms. The van der Waals surface area contributed by atoms with Crippen molar-refractivity contribution in [1.29, 1.82) is 0 Å². The molecule has 0 unspecified atom stereocenters. The van der Waals surface area contributed by atoms with Crippen LogP contribution in [0.25, 0.3) is 10.9 Å². The number of halogens is 1. The number of nitrogens with one attached hydrogen (secondary N) is 2. The smallest absolute Gasteiger partial charge is 0.251 e. The number of hydrogen-bond donors (Lipinski definition) is 2. The van der Waals surface area contributed by atoms with Crippen molar-refractivity contribution in [1.82, 2.24) is 10.3 Å². The van der Waals surface area contributed by atoms with Gasteiger partial charge in [-0.1, -0.05) is 0 Å². The van der Waals surface area contributed by atoms with Crippen molar-refractivity contribution in [2.75, 3.05) is 19.8 Å². The maximum absolute atomic E-state index is 13.5. The molecule has 140 valence electrons.